The van der Waals surface area contributed by atoms with Gasteiger partial charge < -0.3 is 14.4 Å². The van der Waals surface area contributed by atoms with E-state index in [1.165, 1.54) is 6.07 Å². The zero-order valence-electron chi connectivity index (χ0n) is 19.1. The van der Waals surface area contributed by atoms with Crippen LogP contribution in [0, 0.1) is 12.7 Å². The molecule has 1 N–H and O–H groups in total. The number of rotatable bonds is 7. The molecule has 0 aliphatic rings. The molecule has 0 atom stereocenters. The molecule has 0 unspecified atom stereocenters. The Morgan fingerprint density at radius 3 is 2.49 bits per heavy atom. The van der Waals surface area contributed by atoms with E-state index in [0.29, 0.717) is 18.7 Å². The summed E-state index contributed by atoms with van der Waals surface area (Å²) in [6.07, 6.45) is -4.49. The van der Waals surface area contributed by atoms with Crippen molar-refractivity contribution in [3.63, 3.8) is 0 Å². The summed E-state index contributed by atoms with van der Waals surface area (Å²) in [6.45, 7) is 5.84. The fourth-order valence-electron chi connectivity index (χ4n) is 3.58. The van der Waals surface area contributed by atoms with Crippen molar-refractivity contribution in [1.82, 2.24) is 19.9 Å². The summed E-state index contributed by atoms with van der Waals surface area (Å²) in [7, 11) is 0. The molecule has 0 aliphatic carbocycles. The number of nitrogens with zero attached hydrogens (tertiary/aromatic N) is 4. The van der Waals surface area contributed by atoms with Gasteiger partial charge in [-0.1, -0.05) is 29.4 Å². The van der Waals surface area contributed by atoms with Gasteiger partial charge in [0.05, 0.1) is 12.1 Å². The Morgan fingerprint density at radius 1 is 1.06 bits per heavy atom. The Morgan fingerprint density at radius 2 is 1.80 bits per heavy atom. The van der Waals surface area contributed by atoms with E-state index in [-0.39, 0.29) is 17.3 Å². The highest BCUT2D eigenvalue weighted by molar-refractivity contribution is 5.59. The summed E-state index contributed by atoms with van der Waals surface area (Å²) >= 11 is 0. The second-order valence-electron chi connectivity index (χ2n) is 8.75. The minimum atomic E-state index is -5.00. The van der Waals surface area contributed by atoms with E-state index in [2.05, 4.69) is 20.0 Å². The van der Waals surface area contributed by atoms with Gasteiger partial charge in [0, 0.05) is 17.7 Å². The number of alkyl halides is 3. The summed E-state index contributed by atoms with van der Waals surface area (Å²) in [5, 5.41) is 18.4. The predicted molar refractivity (Wildman–Crippen MR) is 118 cm³/mol. The molecular weight excluding hydrogens is 468 g/mol. The fourth-order valence-corrected chi connectivity index (χ4v) is 3.58. The van der Waals surface area contributed by atoms with Gasteiger partial charge in [0.15, 0.2) is 17.3 Å². The van der Waals surface area contributed by atoms with Crippen molar-refractivity contribution in [3.8, 4) is 28.7 Å². The minimum Gasteiger partial charge on any atom is -0.403 e. The van der Waals surface area contributed by atoms with E-state index in [0.717, 1.165) is 29.0 Å². The molecule has 4 aromatic rings. The number of hydrogen-bond donors (Lipinski definition) is 1. The largest absolute Gasteiger partial charge is 0.573 e. The zero-order valence-corrected chi connectivity index (χ0v) is 19.1. The molecular formula is C24H22F4N4O3. The molecule has 7 nitrogen and oxygen atoms in total. The molecule has 0 saturated carbocycles. The first-order valence-corrected chi connectivity index (χ1v) is 10.6. The summed E-state index contributed by atoms with van der Waals surface area (Å²) in [4.78, 5) is 4.20. The van der Waals surface area contributed by atoms with Gasteiger partial charge >= 0.3 is 6.36 Å². The lowest BCUT2D eigenvalue weighted by atomic mass is 9.97. The van der Waals surface area contributed by atoms with Gasteiger partial charge in [-0.05, 0) is 56.2 Å². The molecule has 0 bridgehead atoms. The lowest BCUT2D eigenvalue weighted by Gasteiger charge is -2.17. The van der Waals surface area contributed by atoms with Crippen LogP contribution in [0.3, 0.4) is 0 Å². The Kier molecular flexibility index (Phi) is 6.37. The topological polar surface area (TPSA) is 86.2 Å². The first-order chi connectivity index (χ1) is 16.4. The molecule has 0 aliphatic heterocycles. The molecule has 4 rings (SSSR count). The van der Waals surface area contributed by atoms with Crippen LogP contribution in [0.15, 0.2) is 53.1 Å². The van der Waals surface area contributed by atoms with Crippen molar-refractivity contribution in [2.75, 3.05) is 0 Å². The number of aryl methyl sites for hydroxylation is 1. The van der Waals surface area contributed by atoms with Crippen LogP contribution in [0.25, 0.3) is 23.0 Å². The highest BCUT2D eigenvalue weighted by Gasteiger charge is 2.32. The molecule has 11 heteroatoms. The van der Waals surface area contributed by atoms with Crippen LogP contribution in [0.5, 0.6) is 5.75 Å². The van der Waals surface area contributed by atoms with E-state index in [4.69, 9.17) is 4.52 Å². The number of hydrogen-bond acceptors (Lipinski definition) is 6. The molecule has 184 valence electrons. The van der Waals surface area contributed by atoms with Crippen LogP contribution >= 0.6 is 0 Å². The molecule has 0 spiro atoms. The average Bonchev–Trinajstić information content (AvgIpc) is 3.35. The van der Waals surface area contributed by atoms with E-state index in [1.54, 1.807) is 24.6 Å². The molecule has 0 fully saturated rings. The number of aliphatic hydroxyl groups is 1. The van der Waals surface area contributed by atoms with Crippen LogP contribution in [0.1, 0.15) is 30.7 Å². The maximum Gasteiger partial charge on any atom is 0.573 e. The lowest BCUT2D eigenvalue weighted by molar-refractivity contribution is -0.275. The first kappa shape index (κ1) is 24.4. The van der Waals surface area contributed by atoms with Gasteiger partial charge in [0.25, 0.3) is 5.89 Å². The minimum absolute atomic E-state index is 0.0102. The predicted octanol–water partition coefficient (Wildman–Crippen LogP) is 5.31. The third-order valence-electron chi connectivity index (χ3n) is 5.00. The average molecular weight is 490 g/mol. The molecule has 2 aromatic carbocycles. The number of aromatic nitrogens is 4. The number of halogens is 4. The smallest absolute Gasteiger partial charge is 0.403 e. The van der Waals surface area contributed by atoms with Crippen molar-refractivity contribution < 1.29 is 31.9 Å². The van der Waals surface area contributed by atoms with Crippen molar-refractivity contribution in [2.45, 2.75) is 45.7 Å². The van der Waals surface area contributed by atoms with E-state index in [1.807, 2.05) is 31.2 Å². The Balaban J connectivity index is 1.52. The second kappa shape index (κ2) is 9.14. The number of benzene rings is 2. The summed E-state index contributed by atoms with van der Waals surface area (Å²) in [6, 6.07) is 12.5. The van der Waals surface area contributed by atoms with E-state index >= 15 is 0 Å². The standard InChI is InChI=1S/C24H22F4N4O3/c1-14-9-19(30-32(14)13-16-6-4-5-15(10-16)12-23(2,3)33)22-29-21(31-35-22)17-7-8-20(18(25)11-17)34-24(26,27)28/h4-11,33H,12-13H2,1-3H3. The normalized spacial score (nSPS) is 12.2. The number of ether oxygens (including phenoxy) is 1. The maximum atomic E-state index is 14.0. The van der Waals surface area contributed by atoms with Crippen molar-refractivity contribution in [3.05, 3.63) is 71.2 Å². The van der Waals surface area contributed by atoms with Crippen LogP contribution < -0.4 is 4.74 Å². The third kappa shape index (κ3) is 6.24. The van der Waals surface area contributed by atoms with E-state index in [9.17, 15) is 22.7 Å². The highest BCUT2D eigenvalue weighted by atomic mass is 19.4. The Labute approximate surface area is 198 Å². The molecule has 2 aromatic heterocycles. The Bertz CT molecular complexity index is 1340. The summed E-state index contributed by atoms with van der Waals surface area (Å²) < 4.78 is 61.7. The maximum absolute atomic E-state index is 14.0. The molecule has 0 saturated heterocycles. The van der Waals surface area contributed by atoms with Crippen molar-refractivity contribution >= 4 is 0 Å². The summed E-state index contributed by atoms with van der Waals surface area (Å²) in [5.74, 6) is -2.10. The van der Waals surface area contributed by atoms with Crippen molar-refractivity contribution in [1.29, 1.82) is 0 Å². The van der Waals surface area contributed by atoms with Crippen LogP contribution in [0.2, 0.25) is 0 Å². The fraction of sp³-hybridized carbons (Fsp3) is 0.292. The van der Waals surface area contributed by atoms with Crippen molar-refractivity contribution in [2.24, 2.45) is 0 Å². The molecule has 0 radical (unpaired) electrons. The van der Waals surface area contributed by atoms with Gasteiger partial charge in [0.1, 0.15) is 0 Å². The monoisotopic (exact) mass is 490 g/mol. The van der Waals surface area contributed by atoms with Crippen LogP contribution in [0.4, 0.5) is 17.6 Å². The molecule has 2 heterocycles. The summed E-state index contributed by atoms with van der Waals surface area (Å²) in [5.41, 5.74) is 2.51. The van der Waals surface area contributed by atoms with Gasteiger partial charge in [-0.25, -0.2) is 4.39 Å². The molecule has 35 heavy (non-hydrogen) atoms. The van der Waals surface area contributed by atoms with E-state index < -0.39 is 23.5 Å². The second-order valence-corrected chi connectivity index (χ2v) is 8.75. The van der Waals surface area contributed by atoms with Gasteiger partial charge in [-0.3, -0.25) is 4.68 Å². The first-order valence-electron chi connectivity index (χ1n) is 10.6. The SMILES string of the molecule is Cc1cc(-c2nc(-c3ccc(OC(F)(F)F)c(F)c3)no2)nn1Cc1cccc(CC(C)(C)O)c1. The lowest BCUT2D eigenvalue weighted by Crippen LogP contribution is -2.21. The molecule has 0 amide bonds. The van der Waals surface area contributed by atoms with Gasteiger partial charge in [-0.2, -0.15) is 10.1 Å². The van der Waals surface area contributed by atoms with Gasteiger partial charge in [0.2, 0.25) is 5.82 Å². The zero-order chi connectivity index (χ0) is 25.4. The van der Waals surface area contributed by atoms with Crippen LogP contribution in [-0.2, 0) is 13.0 Å². The van der Waals surface area contributed by atoms with Crippen LogP contribution in [-0.4, -0.2) is 37.0 Å². The highest BCUT2D eigenvalue weighted by Crippen LogP contribution is 2.29. The van der Waals surface area contributed by atoms with Gasteiger partial charge in [-0.15, -0.1) is 13.2 Å². The quantitative estimate of drug-likeness (QED) is 0.354. The third-order valence-corrected chi connectivity index (χ3v) is 5.00. The Hall–Kier alpha value is -3.73.